The number of nitrogens with zero attached hydrogens (tertiary/aromatic N) is 1. The highest BCUT2D eigenvalue weighted by molar-refractivity contribution is 5.80. The number of para-hydroxylation sites is 2. The molecule has 2 N–H and O–H groups in total. The molecule has 5 nitrogen and oxygen atoms in total. The summed E-state index contributed by atoms with van der Waals surface area (Å²) in [6.45, 7) is 4.42. The van der Waals surface area contributed by atoms with Gasteiger partial charge in [-0.25, -0.2) is 0 Å². The van der Waals surface area contributed by atoms with Crippen LogP contribution < -0.4 is 20.3 Å². The molecular weight excluding hydrogens is 266 g/mol. The van der Waals surface area contributed by atoms with Crippen LogP contribution in [0.4, 0.5) is 5.69 Å². The maximum Gasteiger partial charge on any atom is 0.225 e. The highest BCUT2D eigenvalue weighted by atomic mass is 16.5. The van der Waals surface area contributed by atoms with Crippen molar-refractivity contribution in [1.29, 1.82) is 0 Å². The first-order chi connectivity index (χ1) is 10.3. The highest BCUT2D eigenvalue weighted by Crippen LogP contribution is 2.31. The molecule has 0 aromatic heterocycles. The third-order valence-corrected chi connectivity index (χ3v) is 4.43. The molecule has 0 radical (unpaired) electrons. The first-order valence-corrected chi connectivity index (χ1v) is 7.64. The molecule has 114 valence electrons. The number of nitrogens with one attached hydrogen (secondary N) is 2. The van der Waals surface area contributed by atoms with Crippen LogP contribution in [0.15, 0.2) is 24.3 Å². The summed E-state index contributed by atoms with van der Waals surface area (Å²) in [6.07, 6.45) is 1.11. The fraction of sp³-hybridized carbons (Fsp3) is 0.562. The summed E-state index contributed by atoms with van der Waals surface area (Å²) in [5.74, 6) is 1.82. The molecule has 1 aromatic carbocycles. The monoisotopic (exact) mass is 289 g/mol. The average molecular weight is 289 g/mol. The van der Waals surface area contributed by atoms with E-state index in [0.29, 0.717) is 5.92 Å². The largest absolute Gasteiger partial charge is 0.495 e. The van der Waals surface area contributed by atoms with Crippen molar-refractivity contribution in [2.24, 2.45) is 11.8 Å². The number of amides is 1. The highest BCUT2D eigenvalue weighted by Gasteiger charge is 2.28. The molecule has 3 rings (SSSR count). The van der Waals surface area contributed by atoms with Gasteiger partial charge in [-0.15, -0.1) is 0 Å². The van der Waals surface area contributed by atoms with Gasteiger partial charge in [-0.2, -0.15) is 0 Å². The number of hydrogen-bond acceptors (Lipinski definition) is 4. The van der Waals surface area contributed by atoms with Crippen LogP contribution in [0.5, 0.6) is 5.75 Å². The Morgan fingerprint density at radius 2 is 2.24 bits per heavy atom. The molecule has 0 saturated carbocycles. The first kappa shape index (κ1) is 14.2. The van der Waals surface area contributed by atoms with Crippen molar-refractivity contribution < 1.29 is 9.53 Å². The van der Waals surface area contributed by atoms with E-state index in [4.69, 9.17) is 4.74 Å². The average Bonchev–Trinajstić information content (AvgIpc) is 2.92. The van der Waals surface area contributed by atoms with Gasteiger partial charge in [0.2, 0.25) is 5.91 Å². The second-order valence-corrected chi connectivity index (χ2v) is 5.87. The summed E-state index contributed by atoms with van der Waals surface area (Å²) in [5.41, 5.74) is 1.15. The summed E-state index contributed by atoms with van der Waals surface area (Å²) in [6, 6.07) is 8.12. The number of rotatable bonds is 5. The van der Waals surface area contributed by atoms with Crippen molar-refractivity contribution in [2.75, 3.05) is 44.7 Å². The van der Waals surface area contributed by atoms with E-state index in [1.807, 2.05) is 18.2 Å². The topological polar surface area (TPSA) is 53.6 Å². The lowest BCUT2D eigenvalue weighted by molar-refractivity contribution is -0.126. The van der Waals surface area contributed by atoms with E-state index < -0.39 is 0 Å². The van der Waals surface area contributed by atoms with Gasteiger partial charge in [0.1, 0.15) is 5.75 Å². The smallest absolute Gasteiger partial charge is 0.225 e. The molecule has 1 atom stereocenters. The molecule has 5 heteroatoms. The predicted octanol–water partition coefficient (Wildman–Crippen LogP) is 0.857. The minimum Gasteiger partial charge on any atom is -0.495 e. The van der Waals surface area contributed by atoms with E-state index in [9.17, 15) is 4.79 Å². The van der Waals surface area contributed by atoms with Crippen LogP contribution in [-0.2, 0) is 4.79 Å². The number of hydrogen-bond donors (Lipinski definition) is 2. The number of ether oxygens (including phenoxy) is 1. The zero-order chi connectivity index (χ0) is 14.7. The van der Waals surface area contributed by atoms with Crippen LogP contribution in [-0.4, -0.2) is 45.7 Å². The van der Waals surface area contributed by atoms with Crippen molar-refractivity contribution >= 4 is 11.6 Å². The standard InChI is InChI=1S/C16H23N3O2/c1-21-15-5-3-2-4-14(15)19-7-6-12(11-19)8-18-16(20)13-9-17-10-13/h2-5,12-13,17H,6-11H2,1H3,(H,18,20). The van der Waals surface area contributed by atoms with Gasteiger partial charge in [-0.1, -0.05) is 12.1 Å². The maximum absolute atomic E-state index is 11.8. The molecule has 21 heavy (non-hydrogen) atoms. The molecule has 1 amide bonds. The molecule has 0 spiro atoms. The van der Waals surface area contributed by atoms with Gasteiger partial charge in [-0.3, -0.25) is 4.79 Å². The van der Waals surface area contributed by atoms with Crippen LogP contribution in [0.2, 0.25) is 0 Å². The second kappa shape index (κ2) is 6.35. The fourth-order valence-corrected chi connectivity index (χ4v) is 2.97. The molecule has 0 aliphatic carbocycles. The molecule has 0 bridgehead atoms. The van der Waals surface area contributed by atoms with Crippen LogP contribution in [0.1, 0.15) is 6.42 Å². The second-order valence-electron chi connectivity index (χ2n) is 5.87. The van der Waals surface area contributed by atoms with Crippen LogP contribution in [0.3, 0.4) is 0 Å². The molecule has 2 heterocycles. The summed E-state index contributed by atoms with van der Waals surface area (Å²) in [5, 5.41) is 6.22. The zero-order valence-electron chi connectivity index (χ0n) is 12.5. The minimum atomic E-state index is 0.178. The summed E-state index contributed by atoms with van der Waals surface area (Å²) >= 11 is 0. The van der Waals surface area contributed by atoms with Gasteiger partial charge in [-0.05, 0) is 24.5 Å². The van der Waals surface area contributed by atoms with Gasteiger partial charge >= 0.3 is 0 Å². The zero-order valence-corrected chi connectivity index (χ0v) is 12.5. The van der Waals surface area contributed by atoms with E-state index in [1.165, 1.54) is 0 Å². The Morgan fingerprint density at radius 1 is 1.43 bits per heavy atom. The van der Waals surface area contributed by atoms with Crippen LogP contribution >= 0.6 is 0 Å². The Balaban J connectivity index is 1.52. The van der Waals surface area contributed by atoms with Gasteiger partial charge in [0, 0.05) is 32.7 Å². The first-order valence-electron chi connectivity index (χ1n) is 7.64. The van der Waals surface area contributed by atoms with Crippen molar-refractivity contribution in [3.05, 3.63) is 24.3 Å². The minimum absolute atomic E-state index is 0.178. The number of benzene rings is 1. The quantitative estimate of drug-likeness (QED) is 0.844. The Bertz CT molecular complexity index is 502. The number of methoxy groups -OCH3 is 1. The fourth-order valence-electron chi connectivity index (χ4n) is 2.97. The molecular formula is C16H23N3O2. The van der Waals surface area contributed by atoms with Crippen molar-refractivity contribution in [3.8, 4) is 5.75 Å². The summed E-state index contributed by atoms with van der Waals surface area (Å²) in [7, 11) is 1.71. The van der Waals surface area contributed by atoms with E-state index in [-0.39, 0.29) is 11.8 Å². The van der Waals surface area contributed by atoms with Crippen LogP contribution in [0, 0.1) is 11.8 Å². The van der Waals surface area contributed by atoms with E-state index >= 15 is 0 Å². The van der Waals surface area contributed by atoms with Gasteiger partial charge in [0.25, 0.3) is 0 Å². The normalized spacial score (nSPS) is 22.0. The van der Waals surface area contributed by atoms with Crippen molar-refractivity contribution in [2.45, 2.75) is 6.42 Å². The molecule has 1 unspecified atom stereocenters. The molecule has 2 aliphatic heterocycles. The lowest BCUT2D eigenvalue weighted by atomic mass is 10.0. The molecule has 1 aromatic rings. The van der Waals surface area contributed by atoms with Gasteiger partial charge < -0.3 is 20.3 Å². The van der Waals surface area contributed by atoms with Gasteiger partial charge in [0.05, 0.1) is 18.7 Å². The summed E-state index contributed by atoms with van der Waals surface area (Å²) in [4.78, 5) is 14.2. The van der Waals surface area contributed by atoms with Crippen LogP contribution in [0.25, 0.3) is 0 Å². The Morgan fingerprint density at radius 3 is 2.95 bits per heavy atom. The molecule has 2 saturated heterocycles. The SMILES string of the molecule is COc1ccccc1N1CCC(CNC(=O)C2CNC2)C1. The third kappa shape index (κ3) is 3.13. The third-order valence-electron chi connectivity index (χ3n) is 4.43. The van der Waals surface area contributed by atoms with Crippen molar-refractivity contribution in [1.82, 2.24) is 10.6 Å². The van der Waals surface area contributed by atoms with E-state index in [0.717, 1.165) is 50.6 Å². The Hall–Kier alpha value is -1.75. The lowest BCUT2D eigenvalue weighted by Gasteiger charge is -2.26. The van der Waals surface area contributed by atoms with Gasteiger partial charge in [0.15, 0.2) is 0 Å². The molecule has 2 fully saturated rings. The van der Waals surface area contributed by atoms with E-state index in [2.05, 4.69) is 21.6 Å². The maximum atomic E-state index is 11.8. The predicted molar refractivity (Wildman–Crippen MR) is 82.7 cm³/mol. The molecule has 2 aliphatic rings. The Kier molecular flexibility index (Phi) is 4.29. The number of carbonyl (C=O) groups is 1. The Labute approximate surface area is 125 Å². The van der Waals surface area contributed by atoms with E-state index in [1.54, 1.807) is 7.11 Å². The lowest BCUT2D eigenvalue weighted by Crippen LogP contribution is -2.51. The van der Waals surface area contributed by atoms with Crippen molar-refractivity contribution in [3.63, 3.8) is 0 Å². The number of anilines is 1. The summed E-state index contributed by atoms with van der Waals surface area (Å²) < 4.78 is 5.43. The number of carbonyl (C=O) groups excluding carboxylic acids is 1.